The highest BCUT2D eigenvalue weighted by Gasteiger charge is 2.37. The van der Waals surface area contributed by atoms with E-state index in [-0.39, 0.29) is 18.9 Å². The van der Waals surface area contributed by atoms with Gasteiger partial charge in [0.15, 0.2) is 0 Å². The lowest BCUT2D eigenvalue weighted by Gasteiger charge is -2.26. The van der Waals surface area contributed by atoms with Gasteiger partial charge < -0.3 is 4.84 Å². The molecule has 19 heavy (non-hydrogen) atoms. The van der Waals surface area contributed by atoms with Crippen molar-refractivity contribution in [2.75, 3.05) is 12.9 Å². The Bertz CT molecular complexity index is 464. The van der Waals surface area contributed by atoms with E-state index in [1.807, 2.05) is 0 Å². The number of hydroxylamine groups is 2. The highest BCUT2D eigenvalue weighted by Crippen LogP contribution is 2.23. The molecule has 0 aromatic heterocycles. The molecule has 0 spiro atoms. The Morgan fingerprint density at radius 1 is 1.42 bits per heavy atom. The Morgan fingerprint density at radius 3 is 2.47 bits per heavy atom. The topological polar surface area (TPSA) is 90.0 Å². The van der Waals surface area contributed by atoms with Gasteiger partial charge in [-0.25, -0.2) is 4.79 Å². The summed E-state index contributed by atoms with van der Waals surface area (Å²) in [6.45, 7) is 4.79. The van der Waals surface area contributed by atoms with Crippen LogP contribution in [0.25, 0.3) is 0 Å². The summed E-state index contributed by atoms with van der Waals surface area (Å²) in [5.74, 6) is -0.896. The van der Waals surface area contributed by atoms with Crippen LogP contribution in [0.1, 0.15) is 33.6 Å². The Labute approximate surface area is 112 Å². The van der Waals surface area contributed by atoms with E-state index in [1.165, 1.54) is 0 Å². The summed E-state index contributed by atoms with van der Waals surface area (Å²) < 4.78 is 26.5. The van der Waals surface area contributed by atoms with Crippen molar-refractivity contribution < 1.29 is 27.0 Å². The Hall–Kier alpha value is -1.15. The van der Waals surface area contributed by atoms with Crippen molar-refractivity contribution in [3.8, 4) is 0 Å². The molecular formula is C11H19NO6S. The summed E-state index contributed by atoms with van der Waals surface area (Å²) in [7, 11) is -3.59. The second-order valence-corrected chi connectivity index (χ2v) is 7.17. The minimum atomic E-state index is -3.59. The Kier molecular flexibility index (Phi) is 4.57. The maximum absolute atomic E-state index is 11.7. The molecule has 8 heteroatoms. The molecule has 0 unspecified atom stereocenters. The molecule has 7 nitrogen and oxygen atoms in total. The molecule has 1 heterocycles. The van der Waals surface area contributed by atoms with Crippen LogP contribution in [0.2, 0.25) is 0 Å². The lowest BCUT2D eigenvalue weighted by Crippen LogP contribution is -2.41. The summed E-state index contributed by atoms with van der Waals surface area (Å²) in [5.41, 5.74) is -0.745. The quantitative estimate of drug-likeness (QED) is 0.699. The number of amides is 1. The van der Waals surface area contributed by atoms with Gasteiger partial charge in [0.2, 0.25) is 0 Å². The zero-order chi connectivity index (χ0) is 14.8. The number of hydrogen-bond acceptors (Lipinski definition) is 6. The average Bonchev–Trinajstić information content (AvgIpc) is 2.55. The summed E-state index contributed by atoms with van der Waals surface area (Å²) in [4.78, 5) is 28.4. The van der Waals surface area contributed by atoms with Crippen LogP contribution in [-0.4, -0.2) is 44.3 Å². The van der Waals surface area contributed by atoms with Gasteiger partial charge in [-0.3, -0.25) is 8.98 Å². The monoisotopic (exact) mass is 293 g/mol. The van der Waals surface area contributed by atoms with Crippen LogP contribution in [-0.2, 0) is 28.7 Å². The van der Waals surface area contributed by atoms with Gasteiger partial charge in [0, 0.05) is 6.42 Å². The average molecular weight is 293 g/mol. The first-order valence-corrected chi connectivity index (χ1v) is 7.71. The molecule has 1 atom stereocenters. The van der Waals surface area contributed by atoms with E-state index in [0.29, 0.717) is 6.42 Å². The molecule has 0 aromatic rings. The van der Waals surface area contributed by atoms with Gasteiger partial charge in [0.05, 0.1) is 24.3 Å². The zero-order valence-corrected chi connectivity index (χ0v) is 12.3. The summed E-state index contributed by atoms with van der Waals surface area (Å²) in [6.07, 6.45) is 1.52. The van der Waals surface area contributed by atoms with Crippen LogP contribution in [0, 0.1) is 5.41 Å². The molecule has 1 aliphatic rings. The van der Waals surface area contributed by atoms with Crippen LogP contribution in [0.3, 0.4) is 0 Å². The summed E-state index contributed by atoms with van der Waals surface area (Å²) >= 11 is 0. The third-order valence-electron chi connectivity index (χ3n) is 2.54. The maximum Gasteiger partial charge on any atom is 0.337 e. The van der Waals surface area contributed by atoms with Gasteiger partial charge in [0.1, 0.15) is 0 Å². The molecule has 0 saturated carbocycles. The molecule has 1 rings (SSSR count). The SMILES string of the molecule is CC(C)(C)C(=O)ON1C(=O)CC[C@H]1COS(C)(=O)=O. The predicted octanol–water partition coefficient (Wildman–Crippen LogP) is 0.458. The number of carbonyl (C=O) groups excluding carboxylic acids is 2. The van der Waals surface area contributed by atoms with Crippen molar-refractivity contribution in [1.82, 2.24) is 5.06 Å². The fourth-order valence-electron chi connectivity index (χ4n) is 1.43. The third-order valence-corrected chi connectivity index (χ3v) is 3.10. The molecular weight excluding hydrogens is 274 g/mol. The Balaban J connectivity index is 2.68. The first-order chi connectivity index (χ1) is 8.50. The van der Waals surface area contributed by atoms with Gasteiger partial charge in [0.25, 0.3) is 16.0 Å². The van der Waals surface area contributed by atoms with Gasteiger partial charge in [-0.2, -0.15) is 13.5 Å². The second kappa shape index (κ2) is 5.46. The van der Waals surface area contributed by atoms with E-state index in [1.54, 1.807) is 20.8 Å². The first-order valence-electron chi connectivity index (χ1n) is 5.89. The second-order valence-electron chi connectivity index (χ2n) is 5.53. The summed E-state index contributed by atoms with van der Waals surface area (Å²) in [6, 6.07) is -0.562. The molecule has 0 bridgehead atoms. The minimum absolute atomic E-state index is 0.204. The van der Waals surface area contributed by atoms with Crippen LogP contribution in [0.5, 0.6) is 0 Å². The van der Waals surface area contributed by atoms with Crippen LogP contribution in [0.15, 0.2) is 0 Å². The van der Waals surface area contributed by atoms with Crippen molar-refractivity contribution in [1.29, 1.82) is 0 Å². The number of rotatable bonds is 4. The molecule has 0 N–H and O–H groups in total. The van der Waals surface area contributed by atoms with Gasteiger partial charge >= 0.3 is 5.97 Å². The molecule has 110 valence electrons. The highest BCUT2D eigenvalue weighted by atomic mass is 32.2. The molecule has 0 aromatic carbocycles. The van der Waals surface area contributed by atoms with E-state index in [0.717, 1.165) is 11.3 Å². The van der Waals surface area contributed by atoms with E-state index in [2.05, 4.69) is 4.18 Å². The van der Waals surface area contributed by atoms with Crippen LogP contribution in [0.4, 0.5) is 0 Å². The van der Waals surface area contributed by atoms with Crippen molar-refractivity contribution in [3.63, 3.8) is 0 Å². The van der Waals surface area contributed by atoms with Crippen molar-refractivity contribution in [3.05, 3.63) is 0 Å². The fraction of sp³-hybridized carbons (Fsp3) is 0.818. The maximum atomic E-state index is 11.7. The van der Waals surface area contributed by atoms with Crippen molar-refractivity contribution >= 4 is 22.0 Å². The molecule has 0 aliphatic carbocycles. The van der Waals surface area contributed by atoms with Crippen molar-refractivity contribution in [2.24, 2.45) is 5.41 Å². The largest absolute Gasteiger partial charge is 0.337 e. The van der Waals surface area contributed by atoms with Crippen LogP contribution < -0.4 is 0 Å². The number of hydrogen-bond donors (Lipinski definition) is 0. The molecule has 1 fully saturated rings. The van der Waals surface area contributed by atoms with Crippen LogP contribution >= 0.6 is 0 Å². The molecule has 1 amide bonds. The van der Waals surface area contributed by atoms with E-state index >= 15 is 0 Å². The van der Waals surface area contributed by atoms with E-state index in [4.69, 9.17) is 4.84 Å². The first kappa shape index (κ1) is 15.9. The van der Waals surface area contributed by atoms with Gasteiger partial charge in [-0.05, 0) is 27.2 Å². The molecule has 1 saturated heterocycles. The number of nitrogens with zero attached hydrogens (tertiary/aromatic N) is 1. The third kappa shape index (κ3) is 4.79. The fourth-order valence-corrected chi connectivity index (χ4v) is 1.83. The van der Waals surface area contributed by atoms with E-state index in [9.17, 15) is 18.0 Å². The smallest absolute Gasteiger partial charge is 0.337 e. The van der Waals surface area contributed by atoms with Gasteiger partial charge in [-0.15, -0.1) is 0 Å². The normalized spacial score (nSPS) is 20.7. The summed E-state index contributed by atoms with van der Waals surface area (Å²) in [5, 5.41) is 0.929. The predicted molar refractivity (Wildman–Crippen MR) is 66.2 cm³/mol. The zero-order valence-electron chi connectivity index (χ0n) is 11.5. The minimum Gasteiger partial charge on any atom is -0.337 e. The molecule has 0 radical (unpaired) electrons. The Morgan fingerprint density at radius 2 is 2.00 bits per heavy atom. The van der Waals surface area contributed by atoms with Crippen molar-refractivity contribution in [2.45, 2.75) is 39.7 Å². The standard InChI is InChI=1S/C11H19NO6S/c1-11(2,3)10(14)18-12-8(5-6-9(12)13)7-17-19(4,15)16/h8H,5-7H2,1-4H3/t8-/m0/s1. The van der Waals surface area contributed by atoms with E-state index < -0.39 is 27.5 Å². The number of carbonyl (C=O) groups is 2. The highest BCUT2D eigenvalue weighted by molar-refractivity contribution is 7.85. The molecule has 1 aliphatic heterocycles. The van der Waals surface area contributed by atoms with Gasteiger partial charge in [-0.1, -0.05) is 0 Å². The lowest BCUT2D eigenvalue weighted by molar-refractivity contribution is -0.209. The lowest BCUT2D eigenvalue weighted by atomic mass is 9.98.